The van der Waals surface area contributed by atoms with Crippen molar-refractivity contribution in [3.8, 4) is 5.75 Å². The van der Waals surface area contributed by atoms with Gasteiger partial charge in [-0.25, -0.2) is 4.68 Å². The lowest BCUT2D eigenvalue weighted by molar-refractivity contribution is 0.300. The molecule has 0 bridgehead atoms. The molecule has 0 saturated carbocycles. The van der Waals surface area contributed by atoms with Crippen LogP contribution in [0.2, 0.25) is 5.02 Å². The lowest BCUT2D eigenvalue weighted by Gasteiger charge is -2.08. The van der Waals surface area contributed by atoms with Gasteiger partial charge in [-0.1, -0.05) is 29.8 Å². The van der Waals surface area contributed by atoms with Crippen LogP contribution in [0.4, 0.5) is 0 Å². The Labute approximate surface area is 155 Å². The summed E-state index contributed by atoms with van der Waals surface area (Å²) in [5.74, 6) is 0.806. The maximum absolute atomic E-state index is 5.89. The smallest absolute Gasteiger partial charge is 0.141 e. The molecule has 0 amide bonds. The zero-order chi connectivity index (χ0) is 17.8. The Morgan fingerprint density at radius 2 is 1.81 bits per heavy atom. The molecule has 2 aromatic heterocycles. The first kappa shape index (κ1) is 16.4. The SMILES string of the molecule is Clc1ccc(OCCn2cc(/C=N/n3cnnc3)c3ccccc32)cc1. The van der Waals surface area contributed by atoms with Gasteiger partial charge in [0.1, 0.15) is 25.0 Å². The third-order valence-corrected chi connectivity index (χ3v) is 4.22. The monoisotopic (exact) mass is 365 g/mol. The topological polar surface area (TPSA) is 57.2 Å². The highest BCUT2D eigenvalue weighted by molar-refractivity contribution is 6.30. The second-order valence-electron chi connectivity index (χ2n) is 5.68. The van der Waals surface area contributed by atoms with Crippen molar-refractivity contribution in [1.29, 1.82) is 0 Å². The number of nitrogens with zero attached hydrogens (tertiary/aromatic N) is 5. The van der Waals surface area contributed by atoms with Crippen molar-refractivity contribution < 1.29 is 4.74 Å². The number of hydrogen-bond acceptors (Lipinski definition) is 4. The summed E-state index contributed by atoms with van der Waals surface area (Å²) < 4.78 is 9.54. The van der Waals surface area contributed by atoms with E-state index in [0.29, 0.717) is 11.6 Å². The van der Waals surface area contributed by atoms with Crippen molar-refractivity contribution in [2.45, 2.75) is 6.54 Å². The molecule has 0 saturated heterocycles. The Hall–Kier alpha value is -3.12. The zero-order valence-electron chi connectivity index (χ0n) is 13.9. The number of hydrogen-bond donors (Lipinski definition) is 0. The van der Waals surface area contributed by atoms with E-state index in [9.17, 15) is 0 Å². The number of rotatable bonds is 6. The van der Waals surface area contributed by atoms with Crippen LogP contribution in [0, 0.1) is 0 Å². The van der Waals surface area contributed by atoms with Crippen LogP contribution in [0.25, 0.3) is 10.9 Å². The van der Waals surface area contributed by atoms with Gasteiger partial charge in [-0.3, -0.25) is 0 Å². The molecule has 26 heavy (non-hydrogen) atoms. The average Bonchev–Trinajstić information content (AvgIpc) is 3.30. The van der Waals surface area contributed by atoms with Gasteiger partial charge in [0.15, 0.2) is 0 Å². The average molecular weight is 366 g/mol. The molecule has 0 N–H and O–H groups in total. The van der Waals surface area contributed by atoms with Crippen LogP contribution in [0.5, 0.6) is 5.75 Å². The summed E-state index contributed by atoms with van der Waals surface area (Å²) in [5, 5.41) is 13.7. The van der Waals surface area contributed by atoms with Crippen molar-refractivity contribution in [2.24, 2.45) is 5.10 Å². The van der Waals surface area contributed by atoms with Crippen LogP contribution in [0.3, 0.4) is 0 Å². The number of benzene rings is 2. The summed E-state index contributed by atoms with van der Waals surface area (Å²) in [7, 11) is 0. The number of fused-ring (bicyclic) bond motifs is 1. The van der Waals surface area contributed by atoms with E-state index in [1.54, 1.807) is 17.3 Å². The number of aromatic nitrogens is 4. The first-order valence-electron chi connectivity index (χ1n) is 8.15. The molecule has 4 aromatic rings. The van der Waals surface area contributed by atoms with Crippen molar-refractivity contribution >= 4 is 28.7 Å². The molecule has 6 nitrogen and oxygen atoms in total. The molecule has 130 valence electrons. The quantitative estimate of drug-likeness (QED) is 0.488. The molecular weight excluding hydrogens is 350 g/mol. The molecule has 0 unspecified atom stereocenters. The molecule has 0 aliphatic carbocycles. The van der Waals surface area contributed by atoms with Crippen LogP contribution >= 0.6 is 11.6 Å². The molecule has 7 heteroatoms. The van der Waals surface area contributed by atoms with E-state index in [1.807, 2.05) is 42.6 Å². The van der Waals surface area contributed by atoms with Gasteiger partial charge in [-0.15, -0.1) is 10.2 Å². The predicted octanol–water partition coefficient (Wildman–Crippen LogP) is 3.85. The molecule has 0 aliphatic heterocycles. The number of ether oxygens (including phenoxy) is 1. The fraction of sp³-hybridized carbons (Fsp3) is 0.105. The third-order valence-electron chi connectivity index (χ3n) is 3.97. The van der Waals surface area contributed by atoms with Gasteiger partial charge >= 0.3 is 0 Å². The largest absolute Gasteiger partial charge is 0.492 e. The van der Waals surface area contributed by atoms with Crippen molar-refractivity contribution in [3.63, 3.8) is 0 Å². The van der Waals surface area contributed by atoms with Crippen LogP contribution in [0.15, 0.2) is 72.5 Å². The van der Waals surface area contributed by atoms with Gasteiger partial charge in [0.05, 0.1) is 12.8 Å². The number of para-hydroxylation sites is 1. The predicted molar refractivity (Wildman–Crippen MR) is 102 cm³/mol. The summed E-state index contributed by atoms with van der Waals surface area (Å²) >= 11 is 5.89. The minimum atomic E-state index is 0.558. The van der Waals surface area contributed by atoms with E-state index in [-0.39, 0.29) is 0 Å². The van der Waals surface area contributed by atoms with E-state index in [4.69, 9.17) is 16.3 Å². The second kappa shape index (κ2) is 7.41. The summed E-state index contributed by atoms with van der Waals surface area (Å²) in [6.45, 7) is 1.28. The Morgan fingerprint density at radius 3 is 2.62 bits per heavy atom. The first-order valence-corrected chi connectivity index (χ1v) is 8.52. The Bertz CT molecular complexity index is 1020. The van der Waals surface area contributed by atoms with Crippen molar-refractivity contribution in [1.82, 2.24) is 19.4 Å². The van der Waals surface area contributed by atoms with Crippen LogP contribution in [-0.2, 0) is 6.54 Å². The van der Waals surface area contributed by atoms with E-state index in [2.05, 4.69) is 38.2 Å². The Kier molecular flexibility index (Phi) is 4.66. The van der Waals surface area contributed by atoms with Gasteiger partial charge in [0, 0.05) is 27.7 Å². The molecule has 2 heterocycles. The van der Waals surface area contributed by atoms with Crippen molar-refractivity contribution in [2.75, 3.05) is 6.61 Å². The molecule has 4 rings (SSSR count). The molecule has 2 aromatic carbocycles. The zero-order valence-corrected chi connectivity index (χ0v) is 14.6. The van der Waals surface area contributed by atoms with Crippen LogP contribution in [0.1, 0.15) is 5.56 Å². The minimum absolute atomic E-state index is 0.558. The molecule has 0 aliphatic rings. The van der Waals surface area contributed by atoms with E-state index in [1.165, 1.54) is 0 Å². The normalized spacial score (nSPS) is 11.4. The molecule has 0 atom stereocenters. The first-order chi connectivity index (χ1) is 12.8. The highest BCUT2D eigenvalue weighted by Gasteiger charge is 2.07. The molecule has 0 spiro atoms. The summed E-state index contributed by atoms with van der Waals surface area (Å²) in [5.41, 5.74) is 2.17. The maximum Gasteiger partial charge on any atom is 0.141 e. The highest BCUT2D eigenvalue weighted by atomic mass is 35.5. The van der Waals surface area contributed by atoms with Gasteiger partial charge in [0.2, 0.25) is 0 Å². The number of halogens is 1. The molecule has 0 fully saturated rings. The summed E-state index contributed by atoms with van der Waals surface area (Å²) in [4.78, 5) is 0. The van der Waals surface area contributed by atoms with E-state index < -0.39 is 0 Å². The summed E-state index contributed by atoms with van der Waals surface area (Å²) in [6, 6.07) is 15.6. The van der Waals surface area contributed by atoms with E-state index in [0.717, 1.165) is 28.8 Å². The van der Waals surface area contributed by atoms with Crippen molar-refractivity contribution in [3.05, 3.63) is 78.0 Å². The maximum atomic E-state index is 5.89. The summed E-state index contributed by atoms with van der Waals surface area (Å²) in [6.07, 6.45) is 6.98. The Morgan fingerprint density at radius 1 is 1.04 bits per heavy atom. The van der Waals surface area contributed by atoms with Gasteiger partial charge in [-0.2, -0.15) is 5.10 Å². The standard InChI is InChI=1S/C19H16ClN5O/c20-16-5-7-17(8-6-16)26-10-9-24-12-15(11-23-25-13-21-22-14-25)18-3-1-2-4-19(18)24/h1-8,11-14H,9-10H2/b23-11+. The van der Waals surface area contributed by atoms with Gasteiger partial charge < -0.3 is 9.30 Å². The lowest BCUT2D eigenvalue weighted by Crippen LogP contribution is -2.07. The van der Waals surface area contributed by atoms with Crippen LogP contribution in [-0.4, -0.2) is 32.3 Å². The fourth-order valence-electron chi connectivity index (χ4n) is 2.74. The highest BCUT2D eigenvalue weighted by Crippen LogP contribution is 2.20. The second-order valence-corrected chi connectivity index (χ2v) is 6.12. The lowest BCUT2D eigenvalue weighted by atomic mass is 10.2. The van der Waals surface area contributed by atoms with Crippen LogP contribution < -0.4 is 4.74 Å². The van der Waals surface area contributed by atoms with Gasteiger partial charge in [-0.05, 0) is 30.3 Å². The van der Waals surface area contributed by atoms with E-state index >= 15 is 0 Å². The minimum Gasteiger partial charge on any atom is -0.492 e. The molecule has 0 radical (unpaired) electrons. The van der Waals surface area contributed by atoms with Gasteiger partial charge in [0.25, 0.3) is 0 Å². The fourth-order valence-corrected chi connectivity index (χ4v) is 2.87. The third kappa shape index (κ3) is 3.60. The molecular formula is C19H16ClN5O. The Balaban J connectivity index is 1.52.